The van der Waals surface area contributed by atoms with Crippen LogP contribution in [0.2, 0.25) is 0 Å². The smallest absolute Gasteiger partial charge is 0.223 e. The monoisotopic (exact) mass is 433 g/mol. The van der Waals surface area contributed by atoms with E-state index in [1.807, 2.05) is 0 Å². The molecule has 2 aliphatic rings. The van der Waals surface area contributed by atoms with E-state index in [4.69, 9.17) is 20.2 Å². The van der Waals surface area contributed by atoms with E-state index in [-0.39, 0.29) is 12.4 Å². The van der Waals surface area contributed by atoms with E-state index in [9.17, 15) is 0 Å². The summed E-state index contributed by atoms with van der Waals surface area (Å²) in [6.07, 6.45) is 11.3. The lowest BCUT2D eigenvalue weighted by Crippen LogP contribution is -2.34. The van der Waals surface area contributed by atoms with Crippen molar-refractivity contribution in [1.29, 1.82) is 0 Å². The maximum atomic E-state index is 6.17. The molecule has 1 atom stereocenters. The lowest BCUT2D eigenvalue weighted by Gasteiger charge is -2.33. The van der Waals surface area contributed by atoms with Crippen LogP contribution in [0.4, 0.5) is 11.8 Å². The van der Waals surface area contributed by atoms with Crippen LogP contribution in [0.5, 0.6) is 0 Å². The number of ether oxygens (including phenoxy) is 2. The van der Waals surface area contributed by atoms with Gasteiger partial charge in [0.2, 0.25) is 5.95 Å². The Morgan fingerprint density at radius 2 is 1.81 bits per heavy atom. The second-order valence-corrected chi connectivity index (χ2v) is 8.93. The quantitative estimate of drug-likeness (QED) is 0.594. The molecule has 3 aromatic rings. The molecule has 0 bridgehead atoms. The van der Waals surface area contributed by atoms with Crippen LogP contribution in [0, 0.1) is 6.92 Å². The molecule has 5 rings (SSSR count). The lowest BCUT2D eigenvalue weighted by atomic mass is 9.93. The molecule has 3 heterocycles. The fourth-order valence-corrected chi connectivity index (χ4v) is 4.61. The van der Waals surface area contributed by atoms with Gasteiger partial charge in [-0.2, -0.15) is 0 Å². The molecular formula is C25H31N5O2. The van der Waals surface area contributed by atoms with Crippen molar-refractivity contribution in [2.75, 3.05) is 17.7 Å². The van der Waals surface area contributed by atoms with Gasteiger partial charge in [-0.1, -0.05) is 29.8 Å². The van der Waals surface area contributed by atoms with Gasteiger partial charge in [-0.25, -0.2) is 15.0 Å². The molecule has 1 unspecified atom stereocenters. The fraction of sp³-hybridized carbons (Fsp3) is 0.480. The highest BCUT2D eigenvalue weighted by atomic mass is 16.7. The summed E-state index contributed by atoms with van der Waals surface area (Å²) in [5.41, 5.74) is 10.2. The maximum Gasteiger partial charge on any atom is 0.223 e. The summed E-state index contributed by atoms with van der Waals surface area (Å²) in [4.78, 5) is 13.7. The number of nitrogens with two attached hydrogens (primary N) is 1. The minimum absolute atomic E-state index is 0.0126. The van der Waals surface area contributed by atoms with Gasteiger partial charge in [0, 0.05) is 30.6 Å². The van der Waals surface area contributed by atoms with Gasteiger partial charge in [-0.05, 0) is 57.4 Å². The highest BCUT2D eigenvalue weighted by Crippen LogP contribution is 2.31. The lowest BCUT2D eigenvalue weighted by molar-refractivity contribution is -0.193. The predicted octanol–water partition coefficient (Wildman–Crippen LogP) is 4.85. The Morgan fingerprint density at radius 3 is 2.56 bits per heavy atom. The molecule has 7 nitrogen and oxygen atoms in total. The zero-order valence-corrected chi connectivity index (χ0v) is 18.6. The summed E-state index contributed by atoms with van der Waals surface area (Å²) in [6.45, 7) is 2.90. The van der Waals surface area contributed by atoms with E-state index in [1.165, 1.54) is 12.0 Å². The first-order valence-corrected chi connectivity index (χ1v) is 11.7. The Kier molecular flexibility index (Phi) is 6.19. The van der Waals surface area contributed by atoms with E-state index in [1.54, 1.807) is 12.4 Å². The van der Waals surface area contributed by atoms with Crippen molar-refractivity contribution in [3.63, 3.8) is 0 Å². The Balaban J connectivity index is 1.29. The Morgan fingerprint density at radius 1 is 1.00 bits per heavy atom. The molecule has 168 valence electrons. The number of nitrogen functional groups attached to an aromatic ring is 1. The Bertz CT molecular complexity index is 1060. The van der Waals surface area contributed by atoms with Gasteiger partial charge < -0.3 is 20.5 Å². The standard InChI is InChI=1S/C25H31N5O2/c1-16-5-7-17(8-6-16)20-14-27-24(26)21-15-28-25(30-23(20)21)29-18-9-11-19(12-10-18)32-22-4-2-3-13-31-22/h5-8,14-15,18-19,22H,2-4,9-13H2,1H3,(H2,26,27)(H,28,29,30). The van der Waals surface area contributed by atoms with Crippen molar-refractivity contribution in [1.82, 2.24) is 15.0 Å². The molecule has 1 saturated heterocycles. The van der Waals surface area contributed by atoms with Crippen LogP contribution in [-0.2, 0) is 9.47 Å². The fourth-order valence-electron chi connectivity index (χ4n) is 4.61. The summed E-state index contributed by atoms with van der Waals surface area (Å²) >= 11 is 0. The first kappa shape index (κ1) is 21.1. The van der Waals surface area contributed by atoms with Crippen molar-refractivity contribution in [3.8, 4) is 11.1 Å². The van der Waals surface area contributed by atoms with E-state index in [2.05, 4.69) is 46.5 Å². The minimum atomic E-state index is -0.0126. The second kappa shape index (κ2) is 9.38. The number of benzene rings is 1. The molecule has 0 spiro atoms. The topological polar surface area (TPSA) is 95.2 Å². The van der Waals surface area contributed by atoms with Gasteiger partial charge in [0.05, 0.1) is 17.0 Å². The summed E-state index contributed by atoms with van der Waals surface area (Å²) in [5, 5.41) is 4.31. The molecule has 0 amide bonds. The molecule has 1 aliphatic carbocycles. The number of aryl methyl sites for hydroxylation is 1. The number of hydrogen-bond donors (Lipinski definition) is 2. The number of anilines is 2. The van der Waals surface area contributed by atoms with Crippen LogP contribution in [0.1, 0.15) is 50.5 Å². The molecular weight excluding hydrogens is 402 g/mol. The van der Waals surface area contributed by atoms with Crippen LogP contribution in [-0.4, -0.2) is 40.0 Å². The highest BCUT2D eigenvalue weighted by molar-refractivity contribution is 5.98. The minimum Gasteiger partial charge on any atom is -0.383 e. The average molecular weight is 434 g/mol. The average Bonchev–Trinajstić information content (AvgIpc) is 2.82. The number of hydrogen-bond acceptors (Lipinski definition) is 7. The van der Waals surface area contributed by atoms with Crippen LogP contribution in [0.15, 0.2) is 36.7 Å². The first-order valence-electron chi connectivity index (χ1n) is 11.7. The largest absolute Gasteiger partial charge is 0.383 e. The normalized spacial score (nSPS) is 23.8. The van der Waals surface area contributed by atoms with Crippen molar-refractivity contribution in [3.05, 3.63) is 42.2 Å². The highest BCUT2D eigenvalue weighted by Gasteiger charge is 2.26. The van der Waals surface area contributed by atoms with Gasteiger partial charge in [-0.3, -0.25) is 0 Å². The maximum absolute atomic E-state index is 6.17. The Labute approximate surface area is 188 Å². The summed E-state index contributed by atoms with van der Waals surface area (Å²) in [7, 11) is 0. The number of nitrogens with zero attached hydrogens (tertiary/aromatic N) is 3. The molecule has 2 fully saturated rings. The zero-order chi connectivity index (χ0) is 21.9. The molecule has 7 heteroatoms. The van der Waals surface area contributed by atoms with Crippen LogP contribution < -0.4 is 11.1 Å². The molecule has 3 N–H and O–H groups in total. The van der Waals surface area contributed by atoms with Gasteiger partial charge in [-0.15, -0.1) is 0 Å². The third-order valence-electron chi connectivity index (χ3n) is 6.50. The van der Waals surface area contributed by atoms with Crippen molar-refractivity contribution in [2.45, 2.75) is 70.3 Å². The van der Waals surface area contributed by atoms with Crippen molar-refractivity contribution < 1.29 is 9.47 Å². The summed E-state index contributed by atoms with van der Waals surface area (Å²) in [5.74, 6) is 1.08. The van der Waals surface area contributed by atoms with Crippen LogP contribution in [0.3, 0.4) is 0 Å². The summed E-state index contributed by atoms with van der Waals surface area (Å²) in [6, 6.07) is 8.71. The molecule has 2 aromatic heterocycles. The number of aromatic nitrogens is 3. The molecule has 0 radical (unpaired) electrons. The molecule has 32 heavy (non-hydrogen) atoms. The predicted molar refractivity (Wildman–Crippen MR) is 126 cm³/mol. The number of pyridine rings is 1. The van der Waals surface area contributed by atoms with Crippen LogP contribution >= 0.6 is 0 Å². The SMILES string of the molecule is Cc1ccc(-c2cnc(N)c3cnc(NC4CCC(OC5CCCCO5)CC4)nc23)cc1. The zero-order valence-electron chi connectivity index (χ0n) is 18.6. The molecule has 1 aromatic carbocycles. The van der Waals surface area contributed by atoms with Gasteiger partial charge in [0.1, 0.15) is 5.82 Å². The number of nitrogens with one attached hydrogen (secondary N) is 1. The molecule has 1 aliphatic heterocycles. The van der Waals surface area contributed by atoms with E-state index >= 15 is 0 Å². The van der Waals surface area contributed by atoms with E-state index < -0.39 is 0 Å². The number of fused-ring (bicyclic) bond motifs is 1. The van der Waals surface area contributed by atoms with Gasteiger partial charge in [0.15, 0.2) is 6.29 Å². The summed E-state index contributed by atoms with van der Waals surface area (Å²) < 4.78 is 11.9. The van der Waals surface area contributed by atoms with Crippen molar-refractivity contribution in [2.24, 2.45) is 0 Å². The first-order chi connectivity index (χ1) is 15.7. The van der Waals surface area contributed by atoms with Crippen LogP contribution in [0.25, 0.3) is 22.0 Å². The molecule has 1 saturated carbocycles. The van der Waals surface area contributed by atoms with E-state index in [0.717, 1.165) is 67.2 Å². The second-order valence-electron chi connectivity index (χ2n) is 8.93. The van der Waals surface area contributed by atoms with E-state index in [0.29, 0.717) is 17.8 Å². The van der Waals surface area contributed by atoms with Crippen molar-refractivity contribution >= 4 is 22.7 Å². The third-order valence-corrected chi connectivity index (χ3v) is 6.50. The van der Waals surface area contributed by atoms with Gasteiger partial charge in [0.25, 0.3) is 0 Å². The number of rotatable bonds is 5. The van der Waals surface area contributed by atoms with Gasteiger partial charge >= 0.3 is 0 Å². The Hall–Kier alpha value is -2.77. The third kappa shape index (κ3) is 4.69.